The molecule has 0 saturated carbocycles. The van der Waals surface area contributed by atoms with Gasteiger partial charge in [0.05, 0.1) is 0 Å². The van der Waals surface area contributed by atoms with Crippen LogP contribution in [0.3, 0.4) is 0 Å². The lowest BCUT2D eigenvalue weighted by Gasteiger charge is -2.08. The normalized spacial score (nSPS) is 11.4. The minimum Gasteiger partial charge on any atom is -0.456 e. The summed E-state index contributed by atoms with van der Waals surface area (Å²) in [7, 11) is 0. The van der Waals surface area contributed by atoms with E-state index in [1.165, 1.54) is 0 Å². The van der Waals surface area contributed by atoms with Gasteiger partial charge in [-0.2, -0.15) is 0 Å². The number of carbonyl (C=O) groups is 2. The van der Waals surface area contributed by atoms with Gasteiger partial charge in [-0.25, -0.2) is 0 Å². The molecule has 5 aromatic carbocycles. The van der Waals surface area contributed by atoms with Crippen LogP contribution in [0.1, 0.15) is 20.7 Å². The van der Waals surface area contributed by atoms with Crippen LogP contribution in [0, 0.1) is 0 Å². The van der Waals surface area contributed by atoms with Gasteiger partial charge < -0.3 is 19.5 Å². The van der Waals surface area contributed by atoms with E-state index in [1.54, 1.807) is 36.4 Å². The number of anilines is 2. The predicted molar refractivity (Wildman–Crippen MR) is 150 cm³/mol. The third-order valence-electron chi connectivity index (χ3n) is 6.66. The lowest BCUT2D eigenvalue weighted by molar-refractivity contribution is 0.102. The highest BCUT2D eigenvalue weighted by atomic mass is 16.3. The van der Waals surface area contributed by atoms with E-state index >= 15 is 0 Å². The highest BCUT2D eigenvalue weighted by Gasteiger charge is 2.14. The molecular weight excluding hydrogens is 476 g/mol. The quantitative estimate of drug-likeness (QED) is 0.259. The summed E-state index contributed by atoms with van der Waals surface area (Å²) in [5.74, 6) is -0.641. The predicted octanol–water partition coefficient (Wildman–Crippen LogP) is 7.99. The first kappa shape index (κ1) is 21.9. The van der Waals surface area contributed by atoms with E-state index in [0.717, 1.165) is 32.7 Å². The highest BCUT2D eigenvalue weighted by molar-refractivity contribution is 6.11. The molecule has 0 radical (unpaired) electrons. The molecule has 7 aromatic rings. The average Bonchev–Trinajstić information content (AvgIpc) is 3.50. The van der Waals surface area contributed by atoms with Crippen LogP contribution < -0.4 is 10.6 Å². The molecule has 2 heterocycles. The van der Waals surface area contributed by atoms with Crippen LogP contribution in [0.5, 0.6) is 0 Å². The zero-order chi connectivity index (χ0) is 25.6. The SMILES string of the molecule is O=C(Nc1ccc2c(c1)oc1ccccc12)c1cccc(C(=O)Nc2ccc3c(c2)oc2ccccc23)c1. The van der Waals surface area contributed by atoms with E-state index in [2.05, 4.69) is 10.6 Å². The number of para-hydroxylation sites is 2. The topological polar surface area (TPSA) is 84.5 Å². The first-order valence-corrected chi connectivity index (χ1v) is 12.2. The molecule has 6 heteroatoms. The maximum absolute atomic E-state index is 13.0. The maximum Gasteiger partial charge on any atom is 0.255 e. The molecule has 0 bridgehead atoms. The Hall–Kier alpha value is -5.36. The fourth-order valence-corrected chi connectivity index (χ4v) is 4.82. The highest BCUT2D eigenvalue weighted by Crippen LogP contribution is 2.31. The fourth-order valence-electron chi connectivity index (χ4n) is 4.82. The molecule has 6 nitrogen and oxygen atoms in total. The zero-order valence-electron chi connectivity index (χ0n) is 20.0. The van der Waals surface area contributed by atoms with E-state index in [4.69, 9.17) is 8.83 Å². The molecule has 0 saturated heterocycles. The summed E-state index contributed by atoms with van der Waals surface area (Å²) in [5, 5.41) is 9.82. The van der Waals surface area contributed by atoms with E-state index in [9.17, 15) is 9.59 Å². The van der Waals surface area contributed by atoms with Crippen LogP contribution in [0.2, 0.25) is 0 Å². The van der Waals surface area contributed by atoms with Crippen molar-refractivity contribution in [3.05, 3.63) is 120 Å². The number of hydrogen-bond donors (Lipinski definition) is 2. The number of rotatable bonds is 4. The van der Waals surface area contributed by atoms with Gasteiger partial charge in [-0.3, -0.25) is 9.59 Å². The Kier molecular flexibility index (Phi) is 4.97. The van der Waals surface area contributed by atoms with Crippen molar-refractivity contribution in [2.75, 3.05) is 10.6 Å². The van der Waals surface area contributed by atoms with Crippen molar-refractivity contribution >= 4 is 67.1 Å². The molecule has 2 aromatic heterocycles. The Balaban J connectivity index is 1.10. The van der Waals surface area contributed by atoms with E-state index in [1.807, 2.05) is 72.8 Å². The molecule has 2 N–H and O–H groups in total. The molecule has 0 fully saturated rings. The second kappa shape index (κ2) is 8.64. The van der Waals surface area contributed by atoms with Crippen molar-refractivity contribution < 1.29 is 18.4 Å². The van der Waals surface area contributed by atoms with Crippen LogP contribution in [0.15, 0.2) is 118 Å². The molecule has 0 atom stereocenters. The molecule has 0 aliphatic carbocycles. The lowest BCUT2D eigenvalue weighted by atomic mass is 10.1. The van der Waals surface area contributed by atoms with Crippen molar-refractivity contribution in [2.24, 2.45) is 0 Å². The third-order valence-corrected chi connectivity index (χ3v) is 6.66. The Bertz CT molecular complexity index is 1890. The first-order valence-electron chi connectivity index (χ1n) is 12.2. The van der Waals surface area contributed by atoms with Gasteiger partial charge in [0, 0.05) is 56.2 Å². The molecular formula is C32H20N2O4. The monoisotopic (exact) mass is 496 g/mol. The minimum absolute atomic E-state index is 0.321. The van der Waals surface area contributed by atoms with Gasteiger partial charge in [0.25, 0.3) is 11.8 Å². The summed E-state index contributed by atoms with van der Waals surface area (Å²) in [5.41, 5.74) is 4.93. The van der Waals surface area contributed by atoms with Crippen LogP contribution in [-0.2, 0) is 0 Å². The first-order chi connectivity index (χ1) is 18.6. The molecule has 0 unspecified atom stereocenters. The number of carbonyl (C=O) groups excluding carboxylic acids is 2. The number of fused-ring (bicyclic) bond motifs is 6. The standard InChI is InChI=1S/C32H20N2O4/c35-31(33-21-12-14-25-23-8-1-3-10-27(23)37-29(25)17-21)19-6-5-7-20(16-19)32(36)34-22-13-15-26-24-9-2-4-11-28(24)38-30(26)18-22/h1-18H,(H,33,35)(H,34,36). The number of nitrogens with one attached hydrogen (secondary N) is 2. The summed E-state index contributed by atoms with van der Waals surface area (Å²) in [4.78, 5) is 26.0. The summed E-state index contributed by atoms with van der Waals surface area (Å²) >= 11 is 0. The molecule has 38 heavy (non-hydrogen) atoms. The van der Waals surface area contributed by atoms with Gasteiger partial charge in [-0.05, 0) is 54.6 Å². The molecule has 0 spiro atoms. The van der Waals surface area contributed by atoms with E-state index < -0.39 is 0 Å². The molecule has 7 rings (SSSR count). The average molecular weight is 497 g/mol. The summed E-state index contributed by atoms with van der Waals surface area (Å²) < 4.78 is 11.8. The van der Waals surface area contributed by atoms with Gasteiger partial charge in [-0.15, -0.1) is 0 Å². The van der Waals surface area contributed by atoms with Crippen molar-refractivity contribution in [2.45, 2.75) is 0 Å². The summed E-state index contributed by atoms with van der Waals surface area (Å²) in [6.45, 7) is 0. The van der Waals surface area contributed by atoms with Gasteiger partial charge in [0.1, 0.15) is 22.3 Å². The van der Waals surface area contributed by atoms with Crippen molar-refractivity contribution in [3.8, 4) is 0 Å². The van der Waals surface area contributed by atoms with Crippen LogP contribution in [0.25, 0.3) is 43.9 Å². The van der Waals surface area contributed by atoms with Gasteiger partial charge in [0.15, 0.2) is 0 Å². The van der Waals surface area contributed by atoms with Crippen molar-refractivity contribution in [1.29, 1.82) is 0 Å². The largest absolute Gasteiger partial charge is 0.456 e. The molecule has 182 valence electrons. The molecule has 0 aliphatic rings. The number of hydrogen-bond acceptors (Lipinski definition) is 4. The molecule has 2 amide bonds. The minimum atomic E-state index is -0.321. The van der Waals surface area contributed by atoms with Crippen molar-refractivity contribution in [3.63, 3.8) is 0 Å². The number of benzene rings is 5. The Morgan fingerprint density at radius 1 is 0.447 bits per heavy atom. The number of amides is 2. The Labute approximate surface area is 216 Å². The lowest BCUT2D eigenvalue weighted by Crippen LogP contribution is -2.15. The van der Waals surface area contributed by atoms with E-state index in [-0.39, 0.29) is 11.8 Å². The van der Waals surface area contributed by atoms with Crippen molar-refractivity contribution in [1.82, 2.24) is 0 Å². The second-order valence-corrected chi connectivity index (χ2v) is 9.11. The Morgan fingerprint density at radius 3 is 1.39 bits per heavy atom. The van der Waals surface area contributed by atoms with Crippen LogP contribution >= 0.6 is 0 Å². The Morgan fingerprint density at radius 2 is 0.895 bits per heavy atom. The maximum atomic E-state index is 13.0. The van der Waals surface area contributed by atoms with Crippen LogP contribution in [-0.4, -0.2) is 11.8 Å². The van der Waals surface area contributed by atoms with Gasteiger partial charge in [0.2, 0.25) is 0 Å². The summed E-state index contributed by atoms with van der Waals surface area (Å²) in [6, 6.07) is 33.4. The van der Waals surface area contributed by atoms with Crippen LogP contribution in [0.4, 0.5) is 11.4 Å². The van der Waals surface area contributed by atoms with E-state index in [0.29, 0.717) is 33.7 Å². The van der Waals surface area contributed by atoms with Gasteiger partial charge in [-0.1, -0.05) is 42.5 Å². The van der Waals surface area contributed by atoms with Gasteiger partial charge >= 0.3 is 0 Å². The third kappa shape index (κ3) is 3.76. The smallest absolute Gasteiger partial charge is 0.255 e. The summed E-state index contributed by atoms with van der Waals surface area (Å²) in [6.07, 6.45) is 0. The number of furan rings is 2. The zero-order valence-corrected chi connectivity index (χ0v) is 20.0. The second-order valence-electron chi connectivity index (χ2n) is 9.11. The fraction of sp³-hybridized carbons (Fsp3) is 0. The molecule has 0 aliphatic heterocycles.